The molecule has 0 fully saturated rings. The molecule has 0 heterocycles. The summed E-state index contributed by atoms with van der Waals surface area (Å²) in [5.74, 6) is -0.644. The topological polar surface area (TPSA) is 95.5 Å². The zero-order valence-electron chi connectivity index (χ0n) is 16.9. The number of carboxylic acids is 1. The Morgan fingerprint density at radius 3 is 1.73 bits per heavy atom. The minimum atomic E-state index is -0.707. The van der Waals surface area contributed by atoms with E-state index in [0.29, 0.717) is 25.9 Å². The van der Waals surface area contributed by atoms with Gasteiger partial charge in [-0.2, -0.15) is 0 Å². The molecule has 0 saturated carbocycles. The zero-order chi connectivity index (χ0) is 19.8. The van der Waals surface area contributed by atoms with E-state index in [0.717, 1.165) is 44.9 Å². The van der Waals surface area contributed by atoms with Crippen LogP contribution in [-0.2, 0) is 14.4 Å². The van der Waals surface area contributed by atoms with E-state index >= 15 is 0 Å². The second kappa shape index (κ2) is 14.6. The summed E-state index contributed by atoms with van der Waals surface area (Å²) in [6.07, 6.45) is 9.87. The van der Waals surface area contributed by atoms with Crippen LogP contribution in [0.1, 0.15) is 91.4 Å². The third-order valence-corrected chi connectivity index (χ3v) is 4.19. The Labute approximate surface area is 158 Å². The average molecular weight is 371 g/mol. The quantitative estimate of drug-likeness (QED) is 0.384. The summed E-state index contributed by atoms with van der Waals surface area (Å²) in [7, 11) is 0. The molecular formula is C20H38N2O4. The van der Waals surface area contributed by atoms with Crippen molar-refractivity contribution in [2.75, 3.05) is 13.1 Å². The summed E-state index contributed by atoms with van der Waals surface area (Å²) in [5.41, 5.74) is -0.388. The van der Waals surface area contributed by atoms with E-state index in [4.69, 9.17) is 5.11 Å². The molecule has 6 nitrogen and oxygen atoms in total. The molecule has 0 aliphatic rings. The standard InChI is InChI=1S/C20H38N2O4/c1-20(2,3)19(26)22-16-12-13-17(23)21-15-11-9-7-5-4-6-8-10-14-18(24)25/h4-16H2,1-3H3,(H,21,23)(H,22,26)(H,24,25). The maximum atomic E-state index is 11.7. The van der Waals surface area contributed by atoms with Gasteiger partial charge in [-0.15, -0.1) is 0 Å². The molecule has 6 heteroatoms. The van der Waals surface area contributed by atoms with Gasteiger partial charge in [-0.05, 0) is 19.3 Å². The fourth-order valence-electron chi connectivity index (χ4n) is 2.49. The molecule has 0 rings (SSSR count). The molecule has 0 spiro atoms. The third kappa shape index (κ3) is 15.9. The van der Waals surface area contributed by atoms with Gasteiger partial charge in [0.2, 0.25) is 11.8 Å². The Balaban J connectivity index is 3.34. The van der Waals surface area contributed by atoms with Crippen LogP contribution in [0, 0.1) is 5.41 Å². The van der Waals surface area contributed by atoms with Gasteiger partial charge >= 0.3 is 5.97 Å². The lowest BCUT2D eigenvalue weighted by atomic mass is 9.96. The first-order valence-electron chi connectivity index (χ1n) is 10.0. The first kappa shape index (κ1) is 24.4. The van der Waals surface area contributed by atoms with Crippen molar-refractivity contribution >= 4 is 17.8 Å². The number of aliphatic carboxylic acids is 1. The van der Waals surface area contributed by atoms with Gasteiger partial charge in [-0.1, -0.05) is 59.3 Å². The summed E-state index contributed by atoms with van der Waals surface area (Å²) in [6.45, 7) is 6.86. The smallest absolute Gasteiger partial charge is 0.303 e. The van der Waals surface area contributed by atoms with Crippen LogP contribution in [0.15, 0.2) is 0 Å². The Hall–Kier alpha value is -1.59. The zero-order valence-corrected chi connectivity index (χ0v) is 16.9. The number of carbonyl (C=O) groups excluding carboxylic acids is 2. The third-order valence-electron chi connectivity index (χ3n) is 4.19. The summed E-state index contributed by atoms with van der Waals surface area (Å²) in [4.78, 5) is 33.7. The fourth-order valence-corrected chi connectivity index (χ4v) is 2.49. The van der Waals surface area contributed by atoms with Crippen molar-refractivity contribution in [1.82, 2.24) is 10.6 Å². The lowest BCUT2D eigenvalue weighted by molar-refractivity contribution is -0.137. The van der Waals surface area contributed by atoms with Crippen molar-refractivity contribution in [2.45, 2.75) is 91.4 Å². The lowest BCUT2D eigenvalue weighted by Gasteiger charge is -2.17. The number of nitrogens with one attached hydrogen (secondary N) is 2. The molecular weight excluding hydrogens is 332 g/mol. The molecule has 0 atom stereocenters. The van der Waals surface area contributed by atoms with E-state index in [-0.39, 0.29) is 23.7 Å². The maximum absolute atomic E-state index is 11.7. The van der Waals surface area contributed by atoms with Gasteiger partial charge in [0.05, 0.1) is 0 Å². The van der Waals surface area contributed by atoms with Crippen molar-refractivity contribution in [2.24, 2.45) is 5.41 Å². The van der Waals surface area contributed by atoms with Crippen LogP contribution in [0.5, 0.6) is 0 Å². The number of hydrogen-bond acceptors (Lipinski definition) is 3. The Bertz CT molecular complexity index is 417. The predicted octanol–water partition coefficient (Wildman–Crippen LogP) is 3.64. The van der Waals surface area contributed by atoms with Crippen molar-refractivity contribution < 1.29 is 19.5 Å². The highest BCUT2D eigenvalue weighted by Crippen LogP contribution is 2.12. The van der Waals surface area contributed by atoms with Crippen LogP contribution in [0.3, 0.4) is 0 Å². The van der Waals surface area contributed by atoms with E-state index < -0.39 is 5.97 Å². The SMILES string of the molecule is CC(C)(C)C(=O)NCCCC(=O)NCCCCCCCCCCC(=O)O. The molecule has 0 bridgehead atoms. The molecule has 0 aromatic carbocycles. The molecule has 0 aromatic heterocycles. The fraction of sp³-hybridized carbons (Fsp3) is 0.850. The molecule has 2 amide bonds. The largest absolute Gasteiger partial charge is 0.481 e. The van der Waals surface area contributed by atoms with Gasteiger partial charge in [-0.25, -0.2) is 0 Å². The highest BCUT2D eigenvalue weighted by Gasteiger charge is 2.20. The van der Waals surface area contributed by atoms with Crippen molar-refractivity contribution in [3.63, 3.8) is 0 Å². The predicted molar refractivity (Wildman–Crippen MR) is 104 cm³/mol. The first-order chi connectivity index (χ1) is 12.2. The monoisotopic (exact) mass is 370 g/mol. The van der Waals surface area contributed by atoms with Gasteiger partial charge in [0, 0.05) is 31.3 Å². The van der Waals surface area contributed by atoms with Gasteiger partial charge in [0.15, 0.2) is 0 Å². The summed E-state index contributed by atoms with van der Waals surface area (Å²) in [5, 5.41) is 14.3. The number of unbranched alkanes of at least 4 members (excludes halogenated alkanes) is 7. The minimum absolute atomic E-state index is 0.0137. The summed E-state index contributed by atoms with van der Waals surface area (Å²) < 4.78 is 0. The van der Waals surface area contributed by atoms with E-state index in [1.807, 2.05) is 20.8 Å². The van der Waals surface area contributed by atoms with Gasteiger partial charge < -0.3 is 15.7 Å². The number of carboxylic acid groups (broad SMARTS) is 1. The Morgan fingerprint density at radius 1 is 0.692 bits per heavy atom. The van der Waals surface area contributed by atoms with Crippen LogP contribution in [0.25, 0.3) is 0 Å². The van der Waals surface area contributed by atoms with Crippen molar-refractivity contribution in [3.05, 3.63) is 0 Å². The van der Waals surface area contributed by atoms with Crippen LogP contribution in [0.4, 0.5) is 0 Å². The van der Waals surface area contributed by atoms with Crippen LogP contribution in [-0.4, -0.2) is 36.0 Å². The maximum Gasteiger partial charge on any atom is 0.303 e. The average Bonchev–Trinajstić information content (AvgIpc) is 2.55. The van der Waals surface area contributed by atoms with Crippen LogP contribution < -0.4 is 10.6 Å². The number of amides is 2. The van der Waals surface area contributed by atoms with Crippen molar-refractivity contribution in [1.29, 1.82) is 0 Å². The first-order valence-corrected chi connectivity index (χ1v) is 10.0. The number of carbonyl (C=O) groups is 3. The van der Waals surface area contributed by atoms with Gasteiger partial charge in [0.25, 0.3) is 0 Å². The molecule has 0 aliphatic heterocycles. The molecule has 0 unspecified atom stereocenters. The number of hydrogen-bond donors (Lipinski definition) is 3. The lowest BCUT2D eigenvalue weighted by Crippen LogP contribution is -2.35. The molecule has 152 valence electrons. The minimum Gasteiger partial charge on any atom is -0.481 e. The molecule has 0 saturated heterocycles. The molecule has 0 aliphatic carbocycles. The Kier molecular flexibility index (Phi) is 13.7. The second-order valence-corrected chi connectivity index (χ2v) is 7.93. The highest BCUT2D eigenvalue weighted by molar-refractivity contribution is 5.81. The number of rotatable bonds is 15. The molecule has 26 heavy (non-hydrogen) atoms. The Morgan fingerprint density at radius 2 is 1.19 bits per heavy atom. The summed E-state index contributed by atoms with van der Waals surface area (Å²) in [6, 6.07) is 0. The van der Waals surface area contributed by atoms with E-state index in [1.54, 1.807) is 0 Å². The second-order valence-electron chi connectivity index (χ2n) is 7.93. The van der Waals surface area contributed by atoms with Gasteiger partial charge in [0.1, 0.15) is 0 Å². The normalized spacial score (nSPS) is 11.2. The van der Waals surface area contributed by atoms with E-state index in [1.165, 1.54) is 6.42 Å². The van der Waals surface area contributed by atoms with Crippen LogP contribution in [0.2, 0.25) is 0 Å². The van der Waals surface area contributed by atoms with E-state index in [9.17, 15) is 14.4 Å². The van der Waals surface area contributed by atoms with Crippen LogP contribution >= 0.6 is 0 Å². The van der Waals surface area contributed by atoms with Gasteiger partial charge in [-0.3, -0.25) is 14.4 Å². The van der Waals surface area contributed by atoms with Crippen molar-refractivity contribution in [3.8, 4) is 0 Å². The molecule has 0 aromatic rings. The summed E-state index contributed by atoms with van der Waals surface area (Å²) >= 11 is 0. The molecule has 0 radical (unpaired) electrons. The van der Waals surface area contributed by atoms with E-state index in [2.05, 4.69) is 10.6 Å². The molecule has 3 N–H and O–H groups in total. The highest BCUT2D eigenvalue weighted by atomic mass is 16.4.